The molecule has 0 bridgehead atoms. The highest BCUT2D eigenvalue weighted by Crippen LogP contribution is 2.26. The second-order valence-corrected chi connectivity index (χ2v) is 5.95. The summed E-state index contributed by atoms with van der Waals surface area (Å²) in [6, 6.07) is 8.06. The molecule has 0 amide bonds. The fraction of sp³-hybridized carbons (Fsp3) is 0.429. The Morgan fingerprint density at radius 1 is 1.53 bits per heavy atom. The third-order valence-corrected chi connectivity index (χ3v) is 4.80. The monoisotopic (exact) mass is 275 g/mol. The van der Waals surface area contributed by atoms with E-state index in [-0.39, 0.29) is 5.69 Å². The van der Waals surface area contributed by atoms with Crippen LogP contribution < -0.4 is 5.69 Å². The van der Waals surface area contributed by atoms with Gasteiger partial charge in [0, 0.05) is 5.75 Å². The van der Waals surface area contributed by atoms with Gasteiger partial charge < -0.3 is 4.98 Å². The summed E-state index contributed by atoms with van der Waals surface area (Å²) < 4.78 is 1.70. The number of para-hydroxylation sites is 2. The Labute approximate surface area is 115 Å². The normalized spacial score (nSPS) is 20.7. The van der Waals surface area contributed by atoms with Gasteiger partial charge in [0.15, 0.2) is 5.17 Å². The largest absolute Gasteiger partial charge is 0.332 e. The highest BCUT2D eigenvalue weighted by atomic mass is 32.2. The van der Waals surface area contributed by atoms with Crippen molar-refractivity contribution in [2.75, 3.05) is 5.75 Å². The Morgan fingerprint density at radius 3 is 3.11 bits per heavy atom. The third-order valence-electron chi connectivity index (χ3n) is 3.74. The number of aromatic nitrogens is 2. The molecule has 1 aliphatic rings. The minimum atomic E-state index is -0.0998. The van der Waals surface area contributed by atoms with Crippen molar-refractivity contribution in [1.82, 2.24) is 9.55 Å². The van der Waals surface area contributed by atoms with Crippen LogP contribution in [0.5, 0.6) is 0 Å². The average molecular weight is 275 g/mol. The van der Waals surface area contributed by atoms with Gasteiger partial charge in [-0.05, 0) is 18.1 Å². The number of aromatic amines is 1. The van der Waals surface area contributed by atoms with Crippen molar-refractivity contribution in [2.45, 2.75) is 26.3 Å². The van der Waals surface area contributed by atoms with Crippen LogP contribution in [0.3, 0.4) is 0 Å². The molecule has 100 valence electrons. The van der Waals surface area contributed by atoms with Crippen LogP contribution in [0.2, 0.25) is 0 Å². The van der Waals surface area contributed by atoms with Crippen molar-refractivity contribution in [3.63, 3.8) is 0 Å². The number of benzene rings is 1. The summed E-state index contributed by atoms with van der Waals surface area (Å²) in [6.07, 6.45) is 1.12. The Bertz CT molecular complexity index is 685. The van der Waals surface area contributed by atoms with Gasteiger partial charge in [-0.25, -0.2) is 9.36 Å². The third kappa shape index (κ3) is 2.12. The molecule has 1 aliphatic heterocycles. The van der Waals surface area contributed by atoms with Crippen molar-refractivity contribution >= 4 is 28.0 Å². The average Bonchev–Trinajstić information content (AvgIpc) is 3.00. The summed E-state index contributed by atoms with van der Waals surface area (Å²) in [5.41, 5.74) is 1.67. The maximum absolute atomic E-state index is 12.1. The predicted octanol–water partition coefficient (Wildman–Crippen LogP) is 2.70. The smallest absolute Gasteiger partial charge is 0.305 e. The van der Waals surface area contributed by atoms with Crippen LogP contribution in [0.25, 0.3) is 11.0 Å². The fourth-order valence-corrected chi connectivity index (χ4v) is 3.55. The zero-order valence-electron chi connectivity index (χ0n) is 11.1. The second-order valence-electron chi connectivity index (χ2n) is 4.96. The number of nitrogens with zero attached hydrogens (tertiary/aromatic N) is 2. The number of hydrogen-bond donors (Lipinski definition) is 1. The lowest BCUT2D eigenvalue weighted by atomic mass is 10.0. The number of nitrogens with one attached hydrogen (secondary N) is 1. The first-order valence-corrected chi connectivity index (χ1v) is 7.60. The van der Waals surface area contributed by atoms with Crippen LogP contribution in [0.15, 0.2) is 34.1 Å². The molecule has 1 aromatic carbocycles. The van der Waals surface area contributed by atoms with Gasteiger partial charge in [0.1, 0.15) is 0 Å². The van der Waals surface area contributed by atoms with Crippen LogP contribution in [0, 0.1) is 5.92 Å². The first-order chi connectivity index (χ1) is 9.20. The number of H-pyrrole nitrogens is 1. The van der Waals surface area contributed by atoms with E-state index in [1.807, 2.05) is 24.3 Å². The highest BCUT2D eigenvalue weighted by Gasteiger charge is 2.25. The van der Waals surface area contributed by atoms with E-state index in [0.717, 1.165) is 28.4 Å². The van der Waals surface area contributed by atoms with Crippen LogP contribution in [-0.4, -0.2) is 26.5 Å². The zero-order valence-corrected chi connectivity index (χ0v) is 11.9. The molecule has 0 aliphatic carbocycles. The van der Waals surface area contributed by atoms with Crippen LogP contribution in [-0.2, 0) is 0 Å². The number of rotatable bonds is 2. The molecule has 0 saturated heterocycles. The van der Waals surface area contributed by atoms with Gasteiger partial charge in [0.25, 0.3) is 0 Å². The molecule has 5 heteroatoms. The van der Waals surface area contributed by atoms with Gasteiger partial charge in [0.2, 0.25) is 0 Å². The van der Waals surface area contributed by atoms with Gasteiger partial charge in [-0.1, -0.05) is 44.2 Å². The molecule has 2 heterocycles. The van der Waals surface area contributed by atoms with E-state index >= 15 is 0 Å². The van der Waals surface area contributed by atoms with Crippen molar-refractivity contribution in [3.8, 4) is 0 Å². The molecule has 0 spiro atoms. The highest BCUT2D eigenvalue weighted by molar-refractivity contribution is 8.14. The number of hydrogen-bond acceptors (Lipinski definition) is 3. The lowest BCUT2D eigenvalue weighted by Crippen LogP contribution is -2.21. The lowest BCUT2D eigenvalue weighted by molar-refractivity contribution is 0.481. The van der Waals surface area contributed by atoms with E-state index < -0.39 is 0 Å². The molecule has 19 heavy (non-hydrogen) atoms. The summed E-state index contributed by atoms with van der Waals surface area (Å²) >= 11 is 1.67. The molecule has 1 N–H and O–H groups in total. The Balaban J connectivity index is 2.06. The molecule has 3 rings (SSSR count). The van der Waals surface area contributed by atoms with Crippen LogP contribution in [0.4, 0.5) is 0 Å². The molecule has 0 radical (unpaired) electrons. The second kappa shape index (κ2) is 4.89. The summed E-state index contributed by atoms with van der Waals surface area (Å²) in [7, 11) is 0. The molecule has 0 fully saturated rings. The molecule has 2 unspecified atom stereocenters. The van der Waals surface area contributed by atoms with Crippen molar-refractivity contribution < 1.29 is 0 Å². The van der Waals surface area contributed by atoms with E-state index in [9.17, 15) is 4.79 Å². The lowest BCUT2D eigenvalue weighted by Gasteiger charge is -2.12. The Hall–Kier alpha value is -1.49. The van der Waals surface area contributed by atoms with Crippen molar-refractivity contribution in [2.24, 2.45) is 10.9 Å². The first kappa shape index (κ1) is 12.5. The van der Waals surface area contributed by atoms with E-state index in [1.54, 1.807) is 16.3 Å². The van der Waals surface area contributed by atoms with Gasteiger partial charge in [-0.3, -0.25) is 4.99 Å². The van der Waals surface area contributed by atoms with E-state index in [1.165, 1.54) is 0 Å². The number of fused-ring (bicyclic) bond motifs is 1. The minimum Gasteiger partial charge on any atom is -0.305 e. The summed E-state index contributed by atoms with van der Waals surface area (Å²) in [5, 5.41) is 0.827. The Morgan fingerprint density at radius 2 is 2.32 bits per heavy atom. The zero-order chi connectivity index (χ0) is 13.4. The molecule has 2 aromatic rings. The number of aliphatic imine (C=N–C) groups is 1. The quantitative estimate of drug-likeness (QED) is 0.916. The van der Waals surface area contributed by atoms with E-state index in [4.69, 9.17) is 4.99 Å². The number of thioether (sulfide) groups is 1. The Kier molecular flexibility index (Phi) is 3.22. The summed E-state index contributed by atoms with van der Waals surface area (Å²) in [6.45, 7) is 4.40. The van der Waals surface area contributed by atoms with Crippen LogP contribution in [0.1, 0.15) is 20.3 Å². The summed E-state index contributed by atoms with van der Waals surface area (Å²) in [5.74, 6) is 1.53. The first-order valence-electron chi connectivity index (χ1n) is 6.61. The summed E-state index contributed by atoms with van der Waals surface area (Å²) in [4.78, 5) is 19.7. The van der Waals surface area contributed by atoms with Gasteiger partial charge >= 0.3 is 5.69 Å². The standard InChI is InChI=1S/C14H17N3OS/c1-3-9(2)11-8-19-14(16-11)17-12-7-5-4-6-10(12)15-13(17)18/h4-7,9,11H,3,8H2,1-2H3,(H,15,18). The van der Waals surface area contributed by atoms with Crippen molar-refractivity contribution in [1.29, 1.82) is 0 Å². The van der Waals surface area contributed by atoms with Gasteiger partial charge in [-0.2, -0.15) is 0 Å². The molecule has 4 nitrogen and oxygen atoms in total. The molecular weight excluding hydrogens is 258 g/mol. The molecule has 1 aromatic heterocycles. The SMILES string of the molecule is CCC(C)C1CSC(n2c(=O)[nH]c3ccccc32)=N1. The molecule has 0 saturated carbocycles. The minimum absolute atomic E-state index is 0.0998. The maximum Gasteiger partial charge on any atom is 0.332 e. The predicted molar refractivity (Wildman–Crippen MR) is 81.1 cm³/mol. The van der Waals surface area contributed by atoms with Crippen LogP contribution >= 0.6 is 11.8 Å². The maximum atomic E-state index is 12.1. The molecular formula is C14H17N3OS. The molecule has 2 atom stereocenters. The van der Waals surface area contributed by atoms with E-state index in [0.29, 0.717) is 12.0 Å². The van der Waals surface area contributed by atoms with Crippen molar-refractivity contribution in [3.05, 3.63) is 34.7 Å². The van der Waals surface area contributed by atoms with E-state index in [2.05, 4.69) is 18.8 Å². The fourth-order valence-electron chi connectivity index (χ4n) is 2.31. The topological polar surface area (TPSA) is 50.1 Å². The van der Waals surface area contributed by atoms with Gasteiger partial charge in [0.05, 0.1) is 17.1 Å². The number of imidazole rings is 1. The van der Waals surface area contributed by atoms with Gasteiger partial charge in [-0.15, -0.1) is 0 Å².